The maximum absolute atomic E-state index is 14.7. The first-order valence-electron chi connectivity index (χ1n) is 13.7. The molecule has 0 saturated carbocycles. The summed E-state index contributed by atoms with van der Waals surface area (Å²) in [7, 11) is 0. The van der Waals surface area contributed by atoms with E-state index >= 15 is 0 Å². The number of pyridine rings is 2. The van der Waals surface area contributed by atoms with Gasteiger partial charge in [-0.15, -0.1) is 0 Å². The average molecular weight is 550 g/mol. The summed E-state index contributed by atoms with van der Waals surface area (Å²) in [5, 5.41) is 11.5. The summed E-state index contributed by atoms with van der Waals surface area (Å²) in [4.78, 5) is 23.8. The molecule has 0 spiro atoms. The van der Waals surface area contributed by atoms with Gasteiger partial charge >= 0.3 is 0 Å². The van der Waals surface area contributed by atoms with E-state index in [-0.39, 0.29) is 5.82 Å². The molecule has 1 saturated heterocycles. The maximum Gasteiger partial charge on any atom is 0.178 e. The van der Waals surface area contributed by atoms with E-state index in [1.54, 1.807) is 18.7 Å². The summed E-state index contributed by atoms with van der Waals surface area (Å²) in [6.07, 6.45) is 13.4. The summed E-state index contributed by atoms with van der Waals surface area (Å²) in [5.74, 6) is 0.690. The lowest BCUT2D eigenvalue weighted by Crippen LogP contribution is -2.25. The lowest BCUT2D eigenvalue weighted by Gasteiger charge is -2.15. The Labute approximate surface area is 235 Å². The molecular weight excluding hydrogens is 521 g/mol. The number of hydrogen-bond acceptors (Lipinski definition) is 8. The topological polar surface area (TPSA) is 120 Å². The Hall–Kier alpha value is -4.90. The van der Waals surface area contributed by atoms with Gasteiger partial charge < -0.3 is 15.0 Å². The number of ether oxygens (including phenoxy) is 1. The van der Waals surface area contributed by atoms with E-state index in [4.69, 9.17) is 9.72 Å². The van der Waals surface area contributed by atoms with Gasteiger partial charge in [0.15, 0.2) is 11.5 Å². The van der Waals surface area contributed by atoms with E-state index in [2.05, 4.69) is 40.4 Å². The van der Waals surface area contributed by atoms with Crippen molar-refractivity contribution in [2.45, 2.75) is 12.8 Å². The van der Waals surface area contributed by atoms with Crippen LogP contribution in [0.5, 0.6) is 5.75 Å². The zero-order valence-corrected chi connectivity index (χ0v) is 22.3. The highest BCUT2D eigenvalue weighted by molar-refractivity contribution is 5.96. The largest absolute Gasteiger partial charge is 0.492 e. The highest BCUT2D eigenvalue weighted by atomic mass is 19.1. The first-order valence-corrected chi connectivity index (χ1v) is 13.7. The van der Waals surface area contributed by atoms with E-state index in [0.717, 1.165) is 47.4 Å². The van der Waals surface area contributed by atoms with E-state index in [1.807, 2.05) is 36.6 Å². The van der Waals surface area contributed by atoms with Crippen LogP contribution in [0.4, 0.5) is 4.39 Å². The molecule has 1 fully saturated rings. The molecule has 10 nitrogen and oxygen atoms in total. The highest BCUT2D eigenvalue weighted by Gasteiger charge is 2.18. The molecule has 7 rings (SSSR count). The third-order valence-corrected chi connectivity index (χ3v) is 7.33. The standard InChI is InChI=1S/C30H28FN9O/c31-21-12-20(13-22(14-21)41-11-10-40-8-1-2-9-40)23-5-7-34-29-27(23)36-30(37-29)28-24-15-25(35-17-26(24)38-39-28)19-4-3-6-32-18-33-16-19/h3-5,7,12-18H,1-2,6,8-11H2,(H,32,33)(H,38,39)(H,34,36,37)/b4-3+,19-16+. The zero-order valence-electron chi connectivity index (χ0n) is 22.3. The van der Waals surface area contributed by atoms with Gasteiger partial charge in [0.05, 0.1) is 35.8 Å². The number of halogens is 1. The summed E-state index contributed by atoms with van der Waals surface area (Å²) >= 11 is 0. The Balaban J connectivity index is 1.22. The van der Waals surface area contributed by atoms with Crippen LogP contribution in [0, 0.1) is 5.82 Å². The van der Waals surface area contributed by atoms with Gasteiger partial charge in [0.2, 0.25) is 0 Å². The van der Waals surface area contributed by atoms with Crippen molar-refractivity contribution in [1.29, 1.82) is 0 Å². The molecule has 1 aromatic carbocycles. The summed E-state index contributed by atoms with van der Waals surface area (Å²) < 4.78 is 20.7. The van der Waals surface area contributed by atoms with Crippen molar-refractivity contribution < 1.29 is 9.13 Å². The van der Waals surface area contributed by atoms with Crippen molar-refractivity contribution in [1.82, 2.24) is 40.3 Å². The van der Waals surface area contributed by atoms with Crippen molar-refractivity contribution in [2.24, 2.45) is 4.99 Å². The van der Waals surface area contributed by atoms with Crippen molar-refractivity contribution >= 4 is 34.0 Å². The molecule has 2 aliphatic heterocycles. The van der Waals surface area contributed by atoms with Crippen LogP contribution in [0.3, 0.4) is 0 Å². The van der Waals surface area contributed by atoms with E-state index in [9.17, 15) is 4.39 Å². The van der Waals surface area contributed by atoms with Crippen molar-refractivity contribution in [2.75, 3.05) is 32.8 Å². The zero-order chi connectivity index (χ0) is 27.6. The number of hydrogen-bond donors (Lipinski definition) is 3. The minimum atomic E-state index is -0.361. The molecular formula is C30H28FN9O. The fourth-order valence-corrected chi connectivity index (χ4v) is 5.30. The number of benzene rings is 1. The molecule has 0 aliphatic carbocycles. The molecule has 5 aromatic rings. The van der Waals surface area contributed by atoms with E-state index in [0.29, 0.717) is 47.1 Å². The summed E-state index contributed by atoms with van der Waals surface area (Å²) in [6.45, 7) is 4.14. The molecule has 11 heteroatoms. The molecule has 6 heterocycles. The van der Waals surface area contributed by atoms with E-state index in [1.165, 1.54) is 25.0 Å². The molecule has 206 valence electrons. The molecule has 0 radical (unpaired) electrons. The lowest BCUT2D eigenvalue weighted by atomic mass is 10.1. The second kappa shape index (κ2) is 10.9. The molecule has 3 N–H and O–H groups in total. The number of aromatic nitrogens is 6. The second-order valence-corrected chi connectivity index (χ2v) is 10.1. The lowest BCUT2D eigenvalue weighted by molar-refractivity contribution is 0.237. The van der Waals surface area contributed by atoms with Gasteiger partial charge in [-0.25, -0.2) is 14.4 Å². The smallest absolute Gasteiger partial charge is 0.178 e. The summed E-state index contributed by atoms with van der Waals surface area (Å²) in [5.41, 5.74) is 5.78. The quantitative estimate of drug-likeness (QED) is 0.269. The number of fused-ring (bicyclic) bond motifs is 2. The van der Waals surface area contributed by atoms with Crippen LogP contribution in [0.2, 0.25) is 0 Å². The molecule has 0 unspecified atom stereocenters. The molecule has 0 atom stereocenters. The predicted octanol–water partition coefficient (Wildman–Crippen LogP) is 4.71. The molecule has 2 aliphatic rings. The van der Waals surface area contributed by atoms with Gasteiger partial charge in [0.1, 0.15) is 23.9 Å². The number of aromatic amines is 2. The second-order valence-electron chi connectivity index (χ2n) is 10.1. The average Bonchev–Trinajstić information content (AvgIpc) is 3.72. The van der Waals surface area contributed by atoms with Crippen LogP contribution in [0.25, 0.3) is 50.3 Å². The van der Waals surface area contributed by atoms with Crippen LogP contribution in [0.15, 0.2) is 66.1 Å². The number of allylic oxidation sites excluding steroid dienone is 2. The third-order valence-electron chi connectivity index (χ3n) is 7.33. The fourth-order valence-electron chi connectivity index (χ4n) is 5.30. The van der Waals surface area contributed by atoms with Crippen LogP contribution in [-0.2, 0) is 0 Å². The Kier molecular flexibility index (Phi) is 6.69. The van der Waals surface area contributed by atoms with Gasteiger partial charge in [-0.1, -0.05) is 12.2 Å². The van der Waals surface area contributed by atoms with Crippen molar-refractivity contribution in [3.8, 4) is 28.4 Å². The van der Waals surface area contributed by atoms with Crippen LogP contribution < -0.4 is 10.1 Å². The van der Waals surface area contributed by atoms with E-state index < -0.39 is 0 Å². The third kappa shape index (κ3) is 5.19. The number of nitrogens with zero attached hydrogens (tertiary/aromatic N) is 6. The molecule has 41 heavy (non-hydrogen) atoms. The predicted molar refractivity (Wildman–Crippen MR) is 157 cm³/mol. The van der Waals surface area contributed by atoms with Crippen LogP contribution in [-0.4, -0.2) is 74.2 Å². The van der Waals surface area contributed by atoms with Gasteiger partial charge in [0, 0.05) is 41.5 Å². The Morgan fingerprint density at radius 3 is 2.93 bits per heavy atom. The molecule has 0 amide bonds. The van der Waals surface area contributed by atoms with Crippen LogP contribution in [0.1, 0.15) is 18.5 Å². The molecule has 4 aromatic heterocycles. The van der Waals surface area contributed by atoms with Crippen molar-refractivity contribution in [3.63, 3.8) is 0 Å². The minimum Gasteiger partial charge on any atom is -0.492 e. The van der Waals surface area contributed by atoms with Gasteiger partial charge in [-0.2, -0.15) is 5.10 Å². The van der Waals surface area contributed by atoms with Gasteiger partial charge in [-0.3, -0.25) is 20.0 Å². The highest BCUT2D eigenvalue weighted by Crippen LogP contribution is 2.33. The van der Waals surface area contributed by atoms with Gasteiger partial charge in [0.25, 0.3) is 0 Å². The molecule has 0 bridgehead atoms. The monoisotopic (exact) mass is 549 g/mol. The SMILES string of the molecule is Fc1cc(OCCN2CCCC2)cc(-c2ccnc3nc(-c4n[nH]c5cnc(C6=C/NC=NC\C=C\6)cc45)[nH]c23)c1. The van der Waals surface area contributed by atoms with Crippen LogP contribution >= 0.6 is 0 Å². The number of imidazole rings is 1. The first kappa shape index (κ1) is 25.1. The first-order chi connectivity index (χ1) is 20.2. The maximum atomic E-state index is 14.7. The summed E-state index contributed by atoms with van der Waals surface area (Å²) in [6, 6.07) is 8.61. The number of H-pyrrole nitrogens is 2. The normalized spacial score (nSPS) is 17.7. The number of aliphatic imine (C=N–C) groups is 1. The minimum absolute atomic E-state index is 0.361. The number of nitrogens with one attached hydrogen (secondary N) is 3. The van der Waals surface area contributed by atoms with Crippen molar-refractivity contribution in [3.05, 3.63) is 72.6 Å². The Bertz CT molecular complexity index is 1810. The Morgan fingerprint density at radius 1 is 1.07 bits per heavy atom. The number of rotatable bonds is 7. The fraction of sp³-hybridized carbons (Fsp3) is 0.233. The number of likely N-dealkylation sites (tertiary alicyclic amines) is 1. The van der Waals surface area contributed by atoms with Gasteiger partial charge in [-0.05, 0) is 55.8 Å². The Morgan fingerprint density at radius 2 is 2.00 bits per heavy atom.